The molecule has 0 fully saturated rings. The molecule has 0 aliphatic heterocycles. The summed E-state index contributed by atoms with van der Waals surface area (Å²) >= 11 is 0. The lowest BCUT2D eigenvalue weighted by Gasteiger charge is -2.10. The summed E-state index contributed by atoms with van der Waals surface area (Å²) in [5.74, 6) is -0.399. The van der Waals surface area contributed by atoms with Crippen LogP contribution in [0.2, 0.25) is 0 Å². The predicted octanol–water partition coefficient (Wildman–Crippen LogP) is 4.91. The van der Waals surface area contributed by atoms with Crippen molar-refractivity contribution in [3.8, 4) is 11.5 Å². The second kappa shape index (κ2) is 10.4. The number of aryl methyl sites for hydroxylation is 1. The highest BCUT2D eigenvalue weighted by Crippen LogP contribution is 2.21. The second-order valence-electron chi connectivity index (χ2n) is 6.35. The van der Waals surface area contributed by atoms with Gasteiger partial charge in [0.15, 0.2) is 0 Å². The number of hydrogen-bond acceptors (Lipinski definition) is 5. The van der Waals surface area contributed by atoms with Crippen LogP contribution in [-0.4, -0.2) is 23.7 Å². The third-order valence-electron chi connectivity index (χ3n) is 4.14. The fourth-order valence-electron chi connectivity index (χ4n) is 2.57. The molecule has 1 N–H and O–H groups in total. The number of ether oxygens (including phenoxy) is 2. The van der Waals surface area contributed by atoms with Gasteiger partial charge in [-0.3, -0.25) is 0 Å². The van der Waals surface area contributed by atoms with E-state index >= 15 is 0 Å². The molecule has 0 spiro atoms. The van der Waals surface area contributed by atoms with Crippen molar-refractivity contribution < 1.29 is 24.2 Å². The van der Waals surface area contributed by atoms with E-state index in [9.17, 15) is 14.7 Å². The van der Waals surface area contributed by atoms with Gasteiger partial charge in [0.2, 0.25) is 0 Å². The molecule has 0 aromatic heterocycles. The van der Waals surface area contributed by atoms with Crippen LogP contribution in [0, 0.1) is 0 Å². The van der Waals surface area contributed by atoms with Gasteiger partial charge < -0.3 is 14.6 Å². The summed E-state index contributed by atoms with van der Waals surface area (Å²) in [4.78, 5) is 24.4. The highest BCUT2D eigenvalue weighted by atomic mass is 16.5. The Morgan fingerprint density at radius 2 is 1.63 bits per heavy atom. The Labute approximate surface area is 159 Å². The lowest BCUT2D eigenvalue weighted by atomic mass is 10.0. The minimum atomic E-state index is -0.487. The number of benzene rings is 2. The van der Waals surface area contributed by atoms with Crippen molar-refractivity contribution in [1.82, 2.24) is 0 Å². The van der Waals surface area contributed by atoms with Gasteiger partial charge in [0.05, 0.1) is 17.7 Å². The second-order valence-corrected chi connectivity index (χ2v) is 6.35. The molecule has 144 valence electrons. The molecule has 2 aromatic rings. The summed E-state index contributed by atoms with van der Waals surface area (Å²) in [7, 11) is 0. The van der Waals surface area contributed by atoms with Crippen LogP contribution in [0.1, 0.15) is 65.8 Å². The zero-order chi connectivity index (χ0) is 19.6. The molecule has 0 saturated heterocycles. The predicted molar refractivity (Wildman–Crippen MR) is 103 cm³/mol. The summed E-state index contributed by atoms with van der Waals surface area (Å²) in [5.41, 5.74) is 1.61. The quantitative estimate of drug-likeness (QED) is 0.386. The zero-order valence-corrected chi connectivity index (χ0v) is 15.9. The van der Waals surface area contributed by atoms with Crippen molar-refractivity contribution >= 4 is 11.9 Å². The van der Waals surface area contributed by atoms with Crippen LogP contribution < -0.4 is 4.74 Å². The van der Waals surface area contributed by atoms with E-state index in [0.717, 1.165) is 31.2 Å². The van der Waals surface area contributed by atoms with Gasteiger partial charge in [-0.05, 0) is 67.3 Å². The Morgan fingerprint density at radius 1 is 0.926 bits per heavy atom. The lowest BCUT2D eigenvalue weighted by Crippen LogP contribution is -2.12. The number of carbonyl (C=O) groups excluding carboxylic acids is 2. The number of rotatable bonds is 9. The number of esters is 2. The van der Waals surface area contributed by atoms with E-state index in [0.29, 0.717) is 29.9 Å². The minimum Gasteiger partial charge on any atom is -0.508 e. The van der Waals surface area contributed by atoms with Gasteiger partial charge in [0, 0.05) is 0 Å². The van der Waals surface area contributed by atoms with E-state index in [-0.39, 0.29) is 11.7 Å². The van der Waals surface area contributed by atoms with Crippen molar-refractivity contribution in [3.63, 3.8) is 0 Å². The first kappa shape index (κ1) is 20.5. The standard InChI is InChI=1S/C22H26O5/c1-3-5-7-17-15-18(23)10-13-20(17)22(25)27-19-11-8-16(9-12-19)21(24)26-14-6-4-2/h8-13,15,23H,3-7,14H2,1-2H3. The summed E-state index contributed by atoms with van der Waals surface area (Å²) in [6.07, 6.45) is 4.38. The minimum absolute atomic E-state index is 0.128. The third kappa shape index (κ3) is 6.13. The number of aromatic hydroxyl groups is 1. The first-order valence-electron chi connectivity index (χ1n) is 9.36. The molecular weight excluding hydrogens is 344 g/mol. The molecule has 0 amide bonds. The average molecular weight is 370 g/mol. The van der Waals surface area contributed by atoms with Gasteiger partial charge >= 0.3 is 11.9 Å². The smallest absolute Gasteiger partial charge is 0.343 e. The van der Waals surface area contributed by atoms with Gasteiger partial charge in [-0.15, -0.1) is 0 Å². The molecule has 2 aromatic carbocycles. The fourth-order valence-corrected chi connectivity index (χ4v) is 2.57. The Morgan fingerprint density at radius 3 is 2.30 bits per heavy atom. The number of phenols is 1. The summed E-state index contributed by atoms with van der Waals surface area (Å²) in [6, 6.07) is 10.9. The normalized spacial score (nSPS) is 10.4. The molecule has 0 radical (unpaired) electrons. The molecule has 27 heavy (non-hydrogen) atoms. The first-order valence-corrected chi connectivity index (χ1v) is 9.36. The van der Waals surface area contributed by atoms with Crippen LogP contribution in [-0.2, 0) is 11.2 Å². The summed E-state index contributed by atoms with van der Waals surface area (Å²) < 4.78 is 10.6. The Hall–Kier alpha value is -2.82. The van der Waals surface area contributed by atoms with Gasteiger partial charge in [-0.1, -0.05) is 26.7 Å². The summed E-state index contributed by atoms with van der Waals surface area (Å²) in [6.45, 7) is 4.49. The van der Waals surface area contributed by atoms with E-state index in [1.807, 2.05) is 6.92 Å². The van der Waals surface area contributed by atoms with Gasteiger partial charge in [0.1, 0.15) is 11.5 Å². The molecule has 0 atom stereocenters. The molecule has 2 rings (SSSR count). The topological polar surface area (TPSA) is 72.8 Å². The molecule has 5 nitrogen and oxygen atoms in total. The van der Waals surface area contributed by atoms with Crippen LogP contribution in [0.5, 0.6) is 11.5 Å². The highest BCUT2D eigenvalue weighted by molar-refractivity contribution is 5.93. The van der Waals surface area contributed by atoms with Gasteiger partial charge in [-0.2, -0.15) is 0 Å². The van der Waals surface area contributed by atoms with Crippen molar-refractivity contribution in [2.45, 2.75) is 46.0 Å². The van der Waals surface area contributed by atoms with Crippen molar-refractivity contribution in [2.24, 2.45) is 0 Å². The van der Waals surface area contributed by atoms with Gasteiger partial charge in [-0.25, -0.2) is 9.59 Å². The molecule has 0 aliphatic rings. The van der Waals surface area contributed by atoms with Gasteiger partial charge in [0.25, 0.3) is 0 Å². The van der Waals surface area contributed by atoms with Crippen LogP contribution in [0.15, 0.2) is 42.5 Å². The maximum atomic E-state index is 12.5. The van der Waals surface area contributed by atoms with E-state index in [4.69, 9.17) is 9.47 Å². The van der Waals surface area contributed by atoms with E-state index in [2.05, 4.69) is 6.92 Å². The SMILES string of the molecule is CCCCOC(=O)c1ccc(OC(=O)c2ccc(O)cc2CCCC)cc1. The van der Waals surface area contributed by atoms with E-state index < -0.39 is 5.97 Å². The Kier molecular flexibility index (Phi) is 7.86. The first-order chi connectivity index (χ1) is 13.0. The highest BCUT2D eigenvalue weighted by Gasteiger charge is 2.15. The molecule has 0 saturated carbocycles. The monoisotopic (exact) mass is 370 g/mol. The number of carbonyl (C=O) groups is 2. The fraction of sp³-hybridized carbons (Fsp3) is 0.364. The molecular formula is C22H26O5. The molecule has 0 bridgehead atoms. The van der Waals surface area contributed by atoms with Crippen LogP contribution in [0.4, 0.5) is 0 Å². The number of phenolic OH excluding ortho intramolecular Hbond substituents is 1. The van der Waals surface area contributed by atoms with Crippen LogP contribution in [0.25, 0.3) is 0 Å². The summed E-state index contributed by atoms with van der Waals surface area (Å²) in [5, 5.41) is 9.67. The van der Waals surface area contributed by atoms with E-state index in [1.54, 1.807) is 36.4 Å². The maximum absolute atomic E-state index is 12.5. The van der Waals surface area contributed by atoms with Crippen molar-refractivity contribution in [1.29, 1.82) is 0 Å². The molecule has 0 unspecified atom stereocenters. The largest absolute Gasteiger partial charge is 0.508 e. The molecule has 5 heteroatoms. The Balaban J connectivity index is 2.04. The maximum Gasteiger partial charge on any atom is 0.343 e. The van der Waals surface area contributed by atoms with Crippen molar-refractivity contribution in [2.75, 3.05) is 6.61 Å². The average Bonchev–Trinajstić information content (AvgIpc) is 2.67. The van der Waals surface area contributed by atoms with Crippen LogP contribution >= 0.6 is 0 Å². The van der Waals surface area contributed by atoms with Crippen LogP contribution in [0.3, 0.4) is 0 Å². The zero-order valence-electron chi connectivity index (χ0n) is 15.9. The number of hydrogen-bond donors (Lipinski definition) is 1. The molecule has 0 heterocycles. The lowest BCUT2D eigenvalue weighted by molar-refractivity contribution is 0.0499. The Bertz CT molecular complexity index is 765. The number of unbranched alkanes of at least 4 members (excludes halogenated alkanes) is 2. The van der Waals surface area contributed by atoms with E-state index in [1.165, 1.54) is 6.07 Å². The molecule has 0 aliphatic carbocycles. The van der Waals surface area contributed by atoms with Crippen molar-refractivity contribution in [3.05, 3.63) is 59.2 Å². The third-order valence-corrected chi connectivity index (χ3v) is 4.14.